The lowest BCUT2D eigenvalue weighted by atomic mass is 10.2. The van der Waals surface area contributed by atoms with Crippen LogP contribution in [0.3, 0.4) is 0 Å². The number of halogens is 1. The fraction of sp³-hybridized carbons (Fsp3) is 0.286. The number of amides is 1. The second-order valence-electron chi connectivity index (χ2n) is 6.98. The van der Waals surface area contributed by atoms with Crippen LogP contribution in [0.1, 0.15) is 10.6 Å². The molecule has 6 nitrogen and oxygen atoms in total. The standard InChI is InChI=1S/C21H20ClN5OS/c22-16-6-5-15(12-23)18(11-16)24-20(28)13-26-7-9-27(10-8-26)14-21-25-17-3-1-2-4-19(17)29-21/h1-6,11H,7-10,13-14H2,(H,24,28). The molecule has 1 saturated heterocycles. The van der Waals surface area contributed by atoms with Crippen LogP contribution in [0.2, 0.25) is 5.02 Å². The number of aromatic nitrogens is 1. The van der Waals surface area contributed by atoms with Gasteiger partial charge < -0.3 is 5.32 Å². The summed E-state index contributed by atoms with van der Waals surface area (Å²) in [6, 6.07) is 15.1. The number of thiazole rings is 1. The Kier molecular flexibility index (Phi) is 6.07. The summed E-state index contributed by atoms with van der Waals surface area (Å²) in [5.74, 6) is -0.136. The number of para-hydroxylation sites is 1. The van der Waals surface area contributed by atoms with Crippen LogP contribution in [0.5, 0.6) is 0 Å². The molecule has 0 atom stereocenters. The van der Waals surface area contributed by atoms with E-state index in [2.05, 4.69) is 27.3 Å². The quantitative estimate of drug-likeness (QED) is 0.676. The highest BCUT2D eigenvalue weighted by Gasteiger charge is 2.20. The van der Waals surface area contributed by atoms with E-state index in [1.165, 1.54) is 4.70 Å². The number of nitriles is 1. The van der Waals surface area contributed by atoms with Crippen LogP contribution < -0.4 is 5.32 Å². The Hall–Kier alpha value is -2.50. The fourth-order valence-electron chi connectivity index (χ4n) is 3.39. The molecule has 1 aliphatic heterocycles. The van der Waals surface area contributed by atoms with Crippen molar-refractivity contribution in [1.29, 1.82) is 5.26 Å². The van der Waals surface area contributed by atoms with Crippen molar-refractivity contribution in [3.63, 3.8) is 0 Å². The first kappa shape index (κ1) is 19.8. The molecule has 4 rings (SSSR count). The third kappa shape index (κ3) is 4.92. The number of carbonyl (C=O) groups is 1. The van der Waals surface area contributed by atoms with E-state index in [9.17, 15) is 10.1 Å². The van der Waals surface area contributed by atoms with Gasteiger partial charge >= 0.3 is 0 Å². The van der Waals surface area contributed by atoms with Crippen LogP contribution in [0, 0.1) is 11.3 Å². The van der Waals surface area contributed by atoms with Crippen LogP contribution in [0.4, 0.5) is 5.69 Å². The zero-order valence-corrected chi connectivity index (χ0v) is 17.3. The van der Waals surface area contributed by atoms with Gasteiger partial charge in [0.05, 0.1) is 34.6 Å². The molecule has 0 spiro atoms. The maximum Gasteiger partial charge on any atom is 0.238 e. The molecule has 1 fully saturated rings. The minimum atomic E-state index is -0.136. The van der Waals surface area contributed by atoms with Crippen LogP contribution in [0.15, 0.2) is 42.5 Å². The van der Waals surface area contributed by atoms with Gasteiger partial charge in [0.15, 0.2) is 0 Å². The molecule has 8 heteroatoms. The summed E-state index contributed by atoms with van der Waals surface area (Å²) >= 11 is 7.72. The zero-order valence-electron chi connectivity index (χ0n) is 15.8. The molecule has 0 unspecified atom stereocenters. The molecule has 0 radical (unpaired) electrons. The Morgan fingerprint density at radius 3 is 2.69 bits per heavy atom. The first-order valence-electron chi connectivity index (χ1n) is 9.39. The maximum atomic E-state index is 12.4. The largest absolute Gasteiger partial charge is 0.324 e. The fourth-order valence-corrected chi connectivity index (χ4v) is 4.58. The van der Waals surface area contributed by atoms with Gasteiger partial charge in [-0.05, 0) is 30.3 Å². The van der Waals surface area contributed by atoms with Crippen molar-refractivity contribution >= 4 is 44.7 Å². The average Bonchev–Trinajstić information content (AvgIpc) is 3.12. The van der Waals surface area contributed by atoms with Crippen molar-refractivity contribution < 1.29 is 4.79 Å². The van der Waals surface area contributed by atoms with Gasteiger partial charge in [0, 0.05) is 31.2 Å². The van der Waals surface area contributed by atoms with E-state index in [0.717, 1.165) is 43.2 Å². The summed E-state index contributed by atoms with van der Waals surface area (Å²) in [6.07, 6.45) is 0. The number of benzene rings is 2. The van der Waals surface area contributed by atoms with Crippen LogP contribution in [0.25, 0.3) is 10.2 Å². The minimum Gasteiger partial charge on any atom is -0.324 e. The first-order chi connectivity index (χ1) is 14.1. The molecule has 1 N–H and O–H groups in total. The second kappa shape index (κ2) is 8.89. The van der Waals surface area contributed by atoms with Crippen molar-refractivity contribution in [2.24, 2.45) is 0 Å². The number of hydrogen-bond acceptors (Lipinski definition) is 6. The summed E-state index contributed by atoms with van der Waals surface area (Å²) in [4.78, 5) is 21.6. The minimum absolute atomic E-state index is 0.136. The molecule has 29 heavy (non-hydrogen) atoms. The average molecular weight is 426 g/mol. The van der Waals surface area contributed by atoms with E-state index < -0.39 is 0 Å². The highest BCUT2D eigenvalue weighted by Crippen LogP contribution is 2.23. The predicted molar refractivity (Wildman–Crippen MR) is 116 cm³/mol. The van der Waals surface area contributed by atoms with Crippen LogP contribution >= 0.6 is 22.9 Å². The summed E-state index contributed by atoms with van der Waals surface area (Å²) in [6.45, 7) is 4.56. The van der Waals surface area contributed by atoms with Crippen LogP contribution in [-0.2, 0) is 11.3 Å². The Bertz CT molecular complexity index is 1040. The highest BCUT2D eigenvalue weighted by atomic mass is 35.5. The van der Waals surface area contributed by atoms with Gasteiger partial charge in [-0.1, -0.05) is 23.7 Å². The lowest BCUT2D eigenvalue weighted by molar-refractivity contribution is -0.117. The van der Waals surface area contributed by atoms with E-state index in [1.807, 2.05) is 18.2 Å². The lowest BCUT2D eigenvalue weighted by Crippen LogP contribution is -2.48. The SMILES string of the molecule is N#Cc1ccc(Cl)cc1NC(=O)CN1CCN(Cc2nc3ccccc3s2)CC1. The first-order valence-corrected chi connectivity index (χ1v) is 10.6. The summed E-state index contributed by atoms with van der Waals surface area (Å²) in [5.41, 5.74) is 1.92. The molecule has 2 heterocycles. The number of anilines is 1. The Labute approximate surface area is 178 Å². The molecule has 3 aromatic rings. The number of rotatable bonds is 5. The van der Waals surface area contributed by atoms with Gasteiger partial charge in [-0.25, -0.2) is 4.98 Å². The lowest BCUT2D eigenvalue weighted by Gasteiger charge is -2.33. The van der Waals surface area contributed by atoms with E-state index in [1.54, 1.807) is 29.5 Å². The smallest absolute Gasteiger partial charge is 0.238 e. The van der Waals surface area contributed by atoms with Gasteiger partial charge in [-0.3, -0.25) is 14.6 Å². The van der Waals surface area contributed by atoms with Gasteiger partial charge in [-0.2, -0.15) is 5.26 Å². The summed E-state index contributed by atoms with van der Waals surface area (Å²) < 4.78 is 1.22. The van der Waals surface area contributed by atoms with E-state index in [0.29, 0.717) is 22.8 Å². The van der Waals surface area contributed by atoms with E-state index >= 15 is 0 Å². The number of fused-ring (bicyclic) bond motifs is 1. The maximum absolute atomic E-state index is 12.4. The van der Waals surface area contributed by atoms with Gasteiger partial charge in [0.25, 0.3) is 0 Å². The second-order valence-corrected chi connectivity index (χ2v) is 8.53. The number of nitrogens with one attached hydrogen (secondary N) is 1. The topological polar surface area (TPSA) is 72.3 Å². The molecule has 1 aliphatic rings. The number of nitrogens with zero attached hydrogens (tertiary/aromatic N) is 4. The van der Waals surface area contributed by atoms with E-state index in [4.69, 9.17) is 16.6 Å². The molecule has 1 amide bonds. The van der Waals surface area contributed by atoms with Crippen molar-refractivity contribution in [2.75, 3.05) is 38.0 Å². The monoisotopic (exact) mass is 425 g/mol. The molecule has 1 aromatic heterocycles. The van der Waals surface area contributed by atoms with Gasteiger partial charge in [0.2, 0.25) is 5.91 Å². The molecular weight excluding hydrogens is 406 g/mol. The van der Waals surface area contributed by atoms with Crippen molar-refractivity contribution in [1.82, 2.24) is 14.8 Å². The van der Waals surface area contributed by atoms with Gasteiger partial charge in [0.1, 0.15) is 11.1 Å². The summed E-state index contributed by atoms with van der Waals surface area (Å²) in [5, 5.41) is 13.6. The number of hydrogen-bond donors (Lipinski definition) is 1. The number of carbonyl (C=O) groups excluding carboxylic acids is 1. The Morgan fingerprint density at radius 2 is 1.93 bits per heavy atom. The molecule has 2 aromatic carbocycles. The molecule has 0 saturated carbocycles. The van der Waals surface area contributed by atoms with E-state index in [-0.39, 0.29) is 5.91 Å². The normalized spacial score (nSPS) is 15.3. The Balaban J connectivity index is 1.28. The highest BCUT2D eigenvalue weighted by molar-refractivity contribution is 7.18. The molecule has 0 bridgehead atoms. The molecule has 0 aliphatic carbocycles. The van der Waals surface area contributed by atoms with Crippen molar-refractivity contribution in [2.45, 2.75) is 6.54 Å². The van der Waals surface area contributed by atoms with Crippen molar-refractivity contribution in [3.05, 3.63) is 58.1 Å². The molecule has 148 valence electrons. The number of piperazine rings is 1. The molecular formula is C21H20ClN5OS. The third-order valence-corrected chi connectivity index (χ3v) is 6.16. The van der Waals surface area contributed by atoms with Crippen molar-refractivity contribution in [3.8, 4) is 6.07 Å². The van der Waals surface area contributed by atoms with Gasteiger partial charge in [-0.15, -0.1) is 11.3 Å². The third-order valence-electron chi connectivity index (χ3n) is 4.91. The summed E-state index contributed by atoms with van der Waals surface area (Å²) in [7, 11) is 0. The predicted octanol–water partition coefficient (Wildman–Crippen LogP) is 3.58. The van der Waals surface area contributed by atoms with Crippen LogP contribution in [-0.4, -0.2) is 53.4 Å². The zero-order chi connectivity index (χ0) is 20.2. The Morgan fingerprint density at radius 1 is 1.17 bits per heavy atom.